The Bertz CT molecular complexity index is 842. The first-order chi connectivity index (χ1) is 13.6. The normalized spacial score (nSPS) is 24.4. The fourth-order valence-electron chi connectivity index (χ4n) is 4.64. The van der Waals surface area contributed by atoms with Gasteiger partial charge < -0.3 is 5.32 Å². The SMILES string of the molecule is CC(C)N1CCN([C@H]2CC[C@H](Nc3ncnc4cc(C#N)ccc34)CC2)CC1. The number of fused-ring (bicyclic) bond motifs is 1. The molecule has 0 spiro atoms. The van der Waals surface area contributed by atoms with Crippen LogP contribution in [0.15, 0.2) is 24.5 Å². The summed E-state index contributed by atoms with van der Waals surface area (Å²) in [4.78, 5) is 14.1. The van der Waals surface area contributed by atoms with Gasteiger partial charge in [0.2, 0.25) is 0 Å². The summed E-state index contributed by atoms with van der Waals surface area (Å²) in [6.07, 6.45) is 6.45. The summed E-state index contributed by atoms with van der Waals surface area (Å²) in [5.41, 5.74) is 1.46. The zero-order valence-electron chi connectivity index (χ0n) is 16.9. The van der Waals surface area contributed by atoms with Crippen molar-refractivity contribution in [3.05, 3.63) is 30.1 Å². The zero-order valence-corrected chi connectivity index (χ0v) is 16.9. The molecule has 0 atom stereocenters. The van der Waals surface area contributed by atoms with Crippen LogP contribution in [0.4, 0.5) is 5.82 Å². The number of aromatic nitrogens is 2. The third-order valence-electron chi connectivity index (χ3n) is 6.40. The van der Waals surface area contributed by atoms with Crippen molar-refractivity contribution >= 4 is 16.7 Å². The molecule has 2 aromatic rings. The Balaban J connectivity index is 1.34. The molecule has 1 saturated carbocycles. The van der Waals surface area contributed by atoms with Crippen LogP contribution in [0.5, 0.6) is 0 Å². The molecule has 0 radical (unpaired) electrons. The van der Waals surface area contributed by atoms with Crippen LogP contribution in [0.2, 0.25) is 0 Å². The number of rotatable bonds is 4. The van der Waals surface area contributed by atoms with Gasteiger partial charge in [0.1, 0.15) is 12.1 Å². The molecule has 1 aromatic carbocycles. The van der Waals surface area contributed by atoms with E-state index in [-0.39, 0.29) is 0 Å². The fraction of sp³-hybridized carbons (Fsp3) is 0.591. The van der Waals surface area contributed by atoms with Crippen LogP contribution in [0.3, 0.4) is 0 Å². The third-order valence-corrected chi connectivity index (χ3v) is 6.40. The van der Waals surface area contributed by atoms with Gasteiger partial charge >= 0.3 is 0 Å². The second-order valence-electron chi connectivity index (χ2n) is 8.38. The van der Waals surface area contributed by atoms with Crippen LogP contribution in [0.25, 0.3) is 10.9 Å². The number of nitriles is 1. The topological polar surface area (TPSA) is 68.1 Å². The van der Waals surface area contributed by atoms with E-state index in [9.17, 15) is 0 Å². The number of hydrogen-bond acceptors (Lipinski definition) is 6. The molecule has 28 heavy (non-hydrogen) atoms. The molecular formula is C22H30N6. The molecule has 2 heterocycles. The lowest BCUT2D eigenvalue weighted by atomic mass is 9.89. The number of piperazine rings is 1. The van der Waals surface area contributed by atoms with E-state index in [1.807, 2.05) is 18.2 Å². The van der Waals surface area contributed by atoms with Crippen molar-refractivity contribution in [1.29, 1.82) is 5.26 Å². The standard InChI is InChI=1S/C22H30N6/c1-16(2)27-9-11-28(12-10-27)19-6-4-18(5-7-19)26-22-20-8-3-17(14-23)13-21(20)24-15-25-22/h3,8,13,15-16,18-19H,4-7,9-12H2,1-2H3,(H,24,25,26)/t18-,19-. The molecule has 1 aromatic heterocycles. The van der Waals surface area contributed by atoms with E-state index in [1.165, 1.54) is 51.9 Å². The highest BCUT2D eigenvalue weighted by molar-refractivity contribution is 5.89. The van der Waals surface area contributed by atoms with Crippen LogP contribution in [-0.4, -0.2) is 64.1 Å². The molecule has 0 amide bonds. The van der Waals surface area contributed by atoms with E-state index in [0.717, 1.165) is 22.8 Å². The maximum Gasteiger partial charge on any atom is 0.137 e. The molecule has 0 bridgehead atoms. The van der Waals surface area contributed by atoms with Gasteiger partial charge in [-0.3, -0.25) is 9.80 Å². The second-order valence-corrected chi connectivity index (χ2v) is 8.38. The summed E-state index contributed by atoms with van der Waals surface area (Å²) in [6, 6.07) is 9.65. The molecule has 1 aliphatic heterocycles. The van der Waals surface area contributed by atoms with Crippen molar-refractivity contribution in [2.75, 3.05) is 31.5 Å². The molecule has 1 aliphatic carbocycles. The van der Waals surface area contributed by atoms with E-state index in [0.29, 0.717) is 17.6 Å². The van der Waals surface area contributed by atoms with Crippen LogP contribution in [0, 0.1) is 11.3 Å². The molecule has 1 saturated heterocycles. The van der Waals surface area contributed by atoms with Crippen molar-refractivity contribution in [3.8, 4) is 6.07 Å². The highest BCUT2D eigenvalue weighted by Crippen LogP contribution is 2.28. The summed E-state index contributed by atoms with van der Waals surface area (Å²) < 4.78 is 0. The summed E-state index contributed by atoms with van der Waals surface area (Å²) >= 11 is 0. The van der Waals surface area contributed by atoms with Crippen molar-refractivity contribution in [2.45, 2.75) is 57.7 Å². The van der Waals surface area contributed by atoms with Gasteiger partial charge in [0.25, 0.3) is 0 Å². The van der Waals surface area contributed by atoms with E-state index >= 15 is 0 Å². The first-order valence-electron chi connectivity index (χ1n) is 10.5. The largest absolute Gasteiger partial charge is 0.367 e. The minimum absolute atomic E-state index is 0.460. The number of nitrogens with one attached hydrogen (secondary N) is 1. The summed E-state index contributed by atoms with van der Waals surface area (Å²) in [6.45, 7) is 9.41. The van der Waals surface area contributed by atoms with Gasteiger partial charge in [-0.05, 0) is 57.7 Å². The Morgan fingerprint density at radius 1 is 1.07 bits per heavy atom. The smallest absolute Gasteiger partial charge is 0.137 e. The van der Waals surface area contributed by atoms with Crippen molar-refractivity contribution < 1.29 is 0 Å². The number of benzene rings is 1. The molecule has 2 aliphatic rings. The van der Waals surface area contributed by atoms with E-state index in [4.69, 9.17) is 5.26 Å². The fourth-order valence-corrected chi connectivity index (χ4v) is 4.64. The van der Waals surface area contributed by atoms with E-state index < -0.39 is 0 Å². The summed E-state index contributed by atoms with van der Waals surface area (Å²) in [5.74, 6) is 0.892. The lowest BCUT2D eigenvalue weighted by molar-refractivity contribution is 0.0631. The minimum atomic E-state index is 0.460. The van der Waals surface area contributed by atoms with Gasteiger partial charge in [-0.25, -0.2) is 9.97 Å². The molecule has 4 rings (SSSR count). The first-order valence-corrected chi connectivity index (χ1v) is 10.5. The van der Waals surface area contributed by atoms with Crippen molar-refractivity contribution in [2.24, 2.45) is 0 Å². The summed E-state index contributed by atoms with van der Waals surface area (Å²) in [7, 11) is 0. The molecule has 6 heteroatoms. The Hall–Kier alpha value is -2.23. The Kier molecular flexibility index (Phi) is 5.74. The van der Waals surface area contributed by atoms with Gasteiger partial charge in [-0.2, -0.15) is 5.26 Å². The van der Waals surface area contributed by atoms with Crippen LogP contribution < -0.4 is 5.32 Å². The van der Waals surface area contributed by atoms with E-state index in [2.05, 4.69) is 45.0 Å². The quantitative estimate of drug-likeness (QED) is 0.881. The second kappa shape index (κ2) is 8.42. The van der Waals surface area contributed by atoms with E-state index in [1.54, 1.807) is 6.33 Å². The highest BCUT2D eigenvalue weighted by atomic mass is 15.3. The van der Waals surface area contributed by atoms with Crippen LogP contribution in [0.1, 0.15) is 45.1 Å². The number of anilines is 1. The van der Waals surface area contributed by atoms with Gasteiger partial charge in [0, 0.05) is 49.7 Å². The van der Waals surface area contributed by atoms with Crippen LogP contribution >= 0.6 is 0 Å². The monoisotopic (exact) mass is 378 g/mol. The molecule has 2 fully saturated rings. The van der Waals surface area contributed by atoms with Gasteiger partial charge in [0.15, 0.2) is 0 Å². The maximum absolute atomic E-state index is 9.09. The van der Waals surface area contributed by atoms with Crippen molar-refractivity contribution in [1.82, 2.24) is 19.8 Å². The number of nitrogens with zero attached hydrogens (tertiary/aromatic N) is 5. The Labute approximate surface area is 167 Å². The highest BCUT2D eigenvalue weighted by Gasteiger charge is 2.29. The molecule has 1 N–H and O–H groups in total. The predicted molar refractivity (Wildman–Crippen MR) is 112 cm³/mol. The molecular weight excluding hydrogens is 348 g/mol. The maximum atomic E-state index is 9.09. The minimum Gasteiger partial charge on any atom is -0.367 e. The molecule has 148 valence electrons. The zero-order chi connectivity index (χ0) is 19.5. The van der Waals surface area contributed by atoms with Crippen LogP contribution in [-0.2, 0) is 0 Å². The van der Waals surface area contributed by atoms with Crippen molar-refractivity contribution in [3.63, 3.8) is 0 Å². The summed E-state index contributed by atoms with van der Waals surface area (Å²) in [5, 5.41) is 13.7. The third kappa shape index (κ3) is 4.11. The van der Waals surface area contributed by atoms with Gasteiger partial charge in [-0.15, -0.1) is 0 Å². The Morgan fingerprint density at radius 2 is 1.82 bits per heavy atom. The average molecular weight is 379 g/mol. The van der Waals surface area contributed by atoms with Gasteiger partial charge in [0.05, 0.1) is 17.1 Å². The first kappa shape index (κ1) is 19.1. The lowest BCUT2D eigenvalue weighted by Gasteiger charge is -2.43. The average Bonchev–Trinajstić information content (AvgIpc) is 2.74. The lowest BCUT2D eigenvalue weighted by Crippen LogP contribution is -2.53. The number of hydrogen-bond donors (Lipinski definition) is 1. The molecule has 6 nitrogen and oxygen atoms in total. The molecule has 0 unspecified atom stereocenters. The Morgan fingerprint density at radius 3 is 2.50 bits per heavy atom. The predicted octanol–water partition coefficient (Wildman–Crippen LogP) is 3.25. The van der Waals surface area contributed by atoms with Gasteiger partial charge in [-0.1, -0.05) is 0 Å².